The standard InChI is InChI=1S/C35H42N6O4S/c1-22(2)45-27-18-37-30(38-19-27)20-36-26(17-35(5)13-8-14-35)21-44-31-16-29(32-23(3)9-6-10-24(32)4)39-34(40-31)41-46-28-12-7-11-25(15-28)33(42)43/h6-7,9-12,15-16,18-19,22,26,36H,8,13-14,17,20-21H2,1-5H3,(H,42,43)(H,39,40,41). The molecule has 0 amide bonds. The fraction of sp³-hybridized carbons (Fsp3) is 0.400. The van der Waals surface area contributed by atoms with E-state index in [9.17, 15) is 9.90 Å². The Morgan fingerprint density at radius 3 is 2.41 bits per heavy atom. The van der Waals surface area contributed by atoms with E-state index in [1.165, 1.54) is 31.2 Å². The topological polar surface area (TPSA) is 131 Å². The summed E-state index contributed by atoms with van der Waals surface area (Å²) in [6, 6.07) is 14.8. The average molecular weight is 643 g/mol. The van der Waals surface area contributed by atoms with E-state index in [-0.39, 0.29) is 23.1 Å². The maximum atomic E-state index is 11.5. The highest BCUT2D eigenvalue weighted by Gasteiger charge is 2.34. The van der Waals surface area contributed by atoms with E-state index in [2.05, 4.69) is 52.9 Å². The lowest BCUT2D eigenvalue weighted by molar-refractivity contribution is 0.0696. The zero-order valence-corrected chi connectivity index (χ0v) is 27.9. The first kappa shape index (κ1) is 33.2. The van der Waals surface area contributed by atoms with Gasteiger partial charge in [-0.05, 0) is 93.6 Å². The van der Waals surface area contributed by atoms with Crippen LogP contribution in [0.3, 0.4) is 0 Å². The Morgan fingerprint density at radius 2 is 1.76 bits per heavy atom. The van der Waals surface area contributed by atoms with Gasteiger partial charge in [-0.2, -0.15) is 4.98 Å². The Hall–Kier alpha value is -4.22. The molecular formula is C35H42N6O4S. The first-order valence-electron chi connectivity index (χ1n) is 15.6. The Balaban J connectivity index is 1.35. The van der Waals surface area contributed by atoms with Crippen molar-refractivity contribution in [3.63, 3.8) is 0 Å². The van der Waals surface area contributed by atoms with Gasteiger partial charge in [0.2, 0.25) is 11.8 Å². The highest BCUT2D eigenvalue weighted by molar-refractivity contribution is 8.00. The van der Waals surface area contributed by atoms with Gasteiger partial charge >= 0.3 is 5.97 Å². The summed E-state index contributed by atoms with van der Waals surface area (Å²) in [5, 5.41) is 13.0. The van der Waals surface area contributed by atoms with E-state index in [0.717, 1.165) is 33.7 Å². The minimum Gasteiger partial charge on any atom is -0.488 e. The molecule has 46 heavy (non-hydrogen) atoms. The number of carbonyl (C=O) groups is 1. The highest BCUT2D eigenvalue weighted by Crippen LogP contribution is 2.44. The molecule has 1 unspecified atom stereocenters. The third-order valence-corrected chi connectivity index (χ3v) is 8.89. The Labute approximate surface area is 274 Å². The molecule has 5 rings (SSSR count). The number of benzene rings is 2. The Kier molecular flexibility index (Phi) is 10.7. The van der Waals surface area contributed by atoms with Crippen molar-refractivity contribution in [2.45, 2.75) is 83.9 Å². The van der Waals surface area contributed by atoms with Gasteiger partial charge in [-0.15, -0.1) is 0 Å². The molecule has 0 bridgehead atoms. The van der Waals surface area contributed by atoms with E-state index >= 15 is 0 Å². The van der Waals surface area contributed by atoms with Crippen molar-refractivity contribution in [3.05, 3.63) is 83.4 Å². The molecule has 4 aromatic rings. The van der Waals surface area contributed by atoms with Gasteiger partial charge in [-0.3, -0.25) is 4.72 Å². The van der Waals surface area contributed by atoms with Crippen molar-refractivity contribution in [1.82, 2.24) is 25.3 Å². The Bertz CT molecular complexity index is 1620. The van der Waals surface area contributed by atoms with Crippen LogP contribution < -0.4 is 19.5 Å². The van der Waals surface area contributed by atoms with E-state index in [1.807, 2.05) is 32.0 Å². The molecule has 242 valence electrons. The average Bonchev–Trinajstić information content (AvgIpc) is 3.01. The van der Waals surface area contributed by atoms with Crippen LogP contribution in [0, 0.1) is 19.3 Å². The van der Waals surface area contributed by atoms with E-state index in [1.54, 1.807) is 30.6 Å². The predicted octanol–water partition coefficient (Wildman–Crippen LogP) is 7.27. The molecule has 2 aromatic heterocycles. The first-order chi connectivity index (χ1) is 22.1. The van der Waals surface area contributed by atoms with Crippen LogP contribution in [-0.2, 0) is 6.54 Å². The maximum Gasteiger partial charge on any atom is 0.335 e. The van der Waals surface area contributed by atoms with Crippen LogP contribution >= 0.6 is 11.9 Å². The summed E-state index contributed by atoms with van der Waals surface area (Å²) >= 11 is 1.25. The summed E-state index contributed by atoms with van der Waals surface area (Å²) in [7, 11) is 0. The van der Waals surface area contributed by atoms with Gasteiger partial charge in [-0.1, -0.05) is 37.6 Å². The van der Waals surface area contributed by atoms with Gasteiger partial charge in [0.1, 0.15) is 12.4 Å². The normalized spacial score (nSPS) is 14.4. The lowest BCUT2D eigenvalue weighted by atomic mass is 9.67. The second kappa shape index (κ2) is 14.9. The van der Waals surface area contributed by atoms with Gasteiger partial charge in [0.15, 0.2) is 5.75 Å². The number of hydrogen-bond acceptors (Lipinski definition) is 10. The fourth-order valence-corrected chi connectivity index (χ4v) is 6.28. The fourth-order valence-electron chi connectivity index (χ4n) is 5.65. The molecule has 0 radical (unpaired) electrons. The molecule has 2 heterocycles. The maximum absolute atomic E-state index is 11.5. The number of aromatic carboxylic acids is 1. The second-order valence-electron chi connectivity index (χ2n) is 12.5. The van der Waals surface area contributed by atoms with Crippen molar-refractivity contribution in [2.75, 3.05) is 11.3 Å². The molecule has 11 heteroatoms. The van der Waals surface area contributed by atoms with E-state index < -0.39 is 5.97 Å². The molecular weight excluding hydrogens is 600 g/mol. The molecule has 0 saturated heterocycles. The minimum absolute atomic E-state index is 0.0450. The quantitative estimate of drug-likeness (QED) is 0.113. The monoisotopic (exact) mass is 642 g/mol. The summed E-state index contributed by atoms with van der Waals surface area (Å²) in [5.74, 6) is 1.19. The molecule has 2 aromatic carbocycles. The molecule has 0 aliphatic heterocycles. The predicted molar refractivity (Wildman–Crippen MR) is 180 cm³/mol. The summed E-state index contributed by atoms with van der Waals surface area (Å²) in [5.41, 5.74) is 4.44. The van der Waals surface area contributed by atoms with Crippen LogP contribution in [0.1, 0.15) is 73.8 Å². The molecule has 1 atom stereocenters. The summed E-state index contributed by atoms with van der Waals surface area (Å²) in [6.45, 7) is 11.3. The van der Waals surface area contributed by atoms with E-state index in [0.29, 0.717) is 36.6 Å². The zero-order chi connectivity index (χ0) is 32.7. The first-order valence-corrected chi connectivity index (χ1v) is 16.4. The van der Waals surface area contributed by atoms with E-state index in [4.69, 9.17) is 19.4 Å². The number of aryl methyl sites for hydroxylation is 2. The number of anilines is 1. The van der Waals surface area contributed by atoms with Crippen LogP contribution in [0.4, 0.5) is 5.95 Å². The summed E-state index contributed by atoms with van der Waals surface area (Å²) < 4.78 is 15.3. The lowest BCUT2D eigenvalue weighted by Crippen LogP contribution is -2.41. The molecule has 1 saturated carbocycles. The third kappa shape index (κ3) is 8.95. The molecule has 3 N–H and O–H groups in total. The van der Waals surface area contributed by atoms with Crippen molar-refractivity contribution >= 4 is 23.9 Å². The number of rotatable bonds is 15. The number of carboxylic acid groups (broad SMARTS) is 1. The second-order valence-corrected chi connectivity index (χ2v) is 13.4. The minimum atomic E-state index is -0.978. The molecule has 1 aliphatic rings. The number of hydrogen-bond donors (Lipinski definition) is 3. The molecule has 0 spiro atoms. The van der Waals surface area contributed by atoms with Crippen LogP contribution in [0.15, 0.2) is 65.8 Å². The Morgan fingerprint density at radius 1 is 1.04 bits per heavy atom. The molecule has 1 aliphatic carbocycles. The largest absolute Gasteiger partial charge is 0.488 e. The van der Waals surface area contributed by atoms with Gasteiger partial charge < -0.3 is 19.9 Å². The van der Waals surface area contributed by atoms with Gasteiger partial charge in [0, 0.05) is 22.6 Å². The molecule has 10 nitrogen and oxygen atoms in total. The van der Waals surface area contributed by atoms with Crippen molar-refractivity contribution in [3.8, 4) is 22.9 Å². The number of nitrogens with zero attached hydrogens (tertiary/aromatic N) is 4. The number of aromatic nitrogens is 4. The van der Waals surface area contributed by atoms with Crippen LogP contribution in [0.5, 0.6) is 11.6 Å². The summed E-state index contributed by atoms with van der Waals surface area (Å²) in [4.78, 5) is 30.7. The highest BCUT2D eigenvalue weighted by atomic mass is 32.2. The number of ether oxygens (including phenoxy) is 2. The molecule has 1 fully saturated rings. The van der Waals surface area contributed by atoms with Crippen molar-refractivity contribution in [2.24, 2.45) is 5.41 Å². The van der Waals surface area contributed by atoms with Crippen LogP contribution in [0.2, 0.25) is 0 Å². The van der Waals surface area contributed by atoms with Crippen molar-refractivity contribution in [1.29, 1.82) is 0 Å². The van der Waals surface area contributed by atoms with Gasteiger partial charge in [0.05, 0.1) is 36.3 Å². The third-order valence-electron chi connectivity index (χ3n) is 8.12. The zero-order valence-electron chi connectivity index (χ0n) is 27.0. The van der Waals surface area contributed by atoms with Gasteiger partial charge in [-0.25, -0.2) is 19.7 Å². The van der Waals surface area contributed by atoms with Crippen LogP contribution in [0.25, 0.3) is 11.3 Å². The lowest BCUT2D eigenvalue weighted by Gasteiger charge is -2.41. The van der Waals surface area contributed by atoms with Crippen LogP contribution in [-0.4, -0.2) is 49.8 Å². The van der Waals surface area contributed by atoms with Crippen molar-refractivity contribution < 1.29 is 19.4 Å². The summed E-state index contributed by atoms with van der Waals surface area (Å²) in [6.07, 6.45) is 8.08. The number of carboxylic acids is 1. The van der Waals surface area contributed by atoms with Gasteiger partial charge in [0.25, 0.3) is 0 Å². The SMILES string of the molecule is Cc1cccc(C)c1-c1cc(OCC(CC2(C)CCC2)NCc2ncc(OC(C)C)cn2)nc(NSc2cccc(C(=O)O)c2)n1. The smallest absolute Gasteiger partial charge is 0.335 e. The number of nitrogens with one attached hydrogen (secondary N) is 2.